The van der Waals surface area contributed by atoms with Gasteiger partial charge in [-0.15, -0.1) is 0 Å². The van der Waals surface area contributed by atoms with Crippen LogP contribution in [0.2, 0.25) is 0 Å². The van der Waals surface area contributed by atoms with Crippen molar-refractivity contribution in [1.82, 2.24) is 9.97 Å². The highest BCUT2D eigenvalue weighted by Gasteiger charge is 2.06. The fourth-order valence-electron chi connectivity index (χ4n) is 1.61. The fourth-order valence-corrected chi connectivity index (χ4v) is 1.61. The van der Waals surface area contributed by atoms with Crippen LogP contribution >= 0.6 is 0 Å². The second-order valence-electron chi connectivity index (χ2n) is 3.54. The molecule has 0 amide bonds. The lowest BCUT2D eigenvalue weighted by atomic mass is 10.1. The van der Waals surface area contributed by atoms with Crippen molar-refractivity contribution in [1.29, 1.82) is 0 Å². The van der Waals surface area contributed by atoms with Gasteiger partial charge in [-0.25, -0.2) is 4.98 Å². The minimum atomic E-state index is 0.684. The molecule has 1 aromatic heterocycles. The van der Waals surface area contributed by atoms with Crippen molar-refractivity contribution in [2.75, 3.05) is 0 Å². The molecule has 0 aliphatic carbocycles. The molecule has 15 heavy (non-hydrogen) atoms. The third-order valence-corrected chi connectivity index (χ3v) is 2.32. The lowest BCUT2D eigenvalue weighted by Gasteiger charge is -1.98. The molecule has 1 heterocycles. The summed E-state index contributed by atoms with van der Waals surface area (Å²) < 4.78 is 0. The van der Waals surface area contributed by atoms with Gasteiger partial charge in [0.15, 0.2) is 0 Å². The second kappa shape index (κ2) is 3.69. The molecule has 0 aliphatic rings. The molecule has 0 bridgehead atoms. The zero-order chi connectivity index (χ0) is 10.8. The Morgan fingerprint density at radius 2 is 1.87 bits per heavy atom. The molecule has 2 aromatic rings. The number of nitrogens with one attached hydrogen (secondary N) is 1. The minimum absolute atomic E-state index is 0.684. The van der Waals surface area contributed by atoms with Gasteiger partial charge in [0.25, 0.3) is 0 Å². The number of carbonyl (C=O) groups is 1. The quantitative estimate of drug-likeness (QED) is 0.757. The zero-order valence-electron chi connectivity index (χ0n) is 8.74. The monoisotopic (exact) mass is 200 g/mol. The van der Waals surface area contributed by atoms with E-state index in [-0.39, 0.29) is 0 Å². The molecule has 0 fully saturated rings. The van der Waals surface area contributed by atoms with Gasteiger partial charge >= 0.3 is 0 Å². The molecular formula is C12H12N2O. The highest BCUT2D eigenvalue weighted by molar-refractivity contribution is 5.76. The Balaban J connectivity index is 2.45. The normalized spacial score (nSPS) is 10.3. The maximum atomic E-state index is 10.5. The summed E-state index contributed by atoms with van der Waals surface area (Å²) in [5.41, 5.74) is 3.71. The molecule has 0 atom stereocenters. The predicted molar refractivity (Wildman–Crippen MR) is 58.9 cm³/mol. The van der Waals surface area contributed by atoms with Crippen LogP contribution in [0.15, 0.2) is 24.3 Å². The average molecular weight is 200 g/mol. The van der Waals surface area contributed by atoms with Crippen LogP contribution in [0.3, 0.4) is 0 Å². The van der Waals surface area contributed by atoms with Crippen LogP contribution in [-0.4, -0.2) is 16.3 Å². The van der Waals surface area contributed by atoms with E-state index in [2.05, 4.69) is 9.97 Å². The summed E-state index contributed by atoms with van der Waals surface area (Å²) in [6, 6.07) is 7.41. The number of imidazole rings is 1. The van der Waals surface area contributed by atoms with Gasteiger partial charge in [0.1, 0.15) is 12.1 Å². The SMILES string of the molecule is Cc1nc(-c2ccc(C=O)cc2)c(C)[nH]1. The lowest BCUT2D eigenvalue weighted by Crippen LogP contribution is -1.83. The Morgan fingerprint density at radius 3 is 2.33 bits per heavy atom. The number of hydrogen-bond acceptors (Lipinski definition) is 2. The van der Waals surface area contributed by atoms with E-state index >= 15 is 0 Å². The Labute approximate surface area is 88.2 Å². The molecule has 0 unspecified atom stereocenters. The zero-order valence-corrected chi connectivity index (χ0v) is 8.74. The average Bonchev–Trinajstić information content (AvgIpc) is 2.58. The van der Waals surface area contributed by atoms with Crippen molar-refractivity contribution in [3.63, 3.8) is 0 Å². The van der Waals surface area contributed by atoms with E-state index in [4.69, 9.17) is 0 Å². The molecule has 2 rings (SSSR count). The summed E-state index contributed by atoms with van der Waals surface area (Å²) in [4.78, 5) is 18.0. The summed E-state index contributed by atoms with van der Waals surface area (Å²) in [6.07, 6.45) is 0.840. The van der Waals surface area contributed by atoms with Crippen molar-refractivity contribution in [3.8, 4) is 11.3 Å². The van der Waals surface area contributed by atoms with Crippen molar-refractivity contribution in [2.45, 2.75) is 13.8 Å². The van der Waals surface area contributed by atoms with Gasteiger partial charge in [-0.1, -0.05) is 24.3 Å². The van der Waals surface area contributed by atoms with Crippen LogP contribution < -0.4 is 0 Å². The molecule has 3 nitrogen and oxygen atoms in total. The number of nitrogens with zero attached hydrogens (tertiary/aromatic N) is 1. The first kappa shape index (κ1) is 9.65. The smallest absolute Gasteiger partial charge is 0.150 e. The number of aromatic nitrogens is 2. The molecule has 1 N–H and O–H groups in total. The van der Waals surface area contributed by atoms with Gasteiger partial charge in [0.2, 0.25) is 0 Å². The Hall–Kier alpha value is -1.90. The summed E-state index contributed by atoms with van der Waals surface area (Å²) in [5.74, 6) is 0.905. The molecule has 1 aromatic carbocycles. The second-order valence-corrected chi connectivity index (χ2v) is 3.54. The predicted octanol–water partition coefficient (Wildman–Crippen LogP) is 2.51. The molecular weight excluding hydrogens is 188 g/mol. The van der Waals surface area contributed by atoms with Crippen LogP contribution in [0.1, 0.15) is 21.9 Å². The van der Waals surface area contributed by atoms with Crippen molar-refractivity contribution >= 4 is 6.29 Å². The van der Waals surface area contributed by atoms with Crippen LogP contribution in [0.4, 0.5) is 0 Å². The maximum Gasteiger partial charge on any atom is 0.150 e. The van der Waals surface area contributed by atoms with E-state index in [1.54, 1.807) is 12.1 Å². The standard InChI is InChI=1S/C12H12N2O/c1-8-12(14-9(2)13-8)11-5-3-10(7-15)4-6-11/h3-7H,1-2H3,(H,13,14). The summed E-state index contributed by atoms with van der Waals surface area (Å²) >= 11 is 0. The first-order valence-electron chi connectivity index (χ1n) is 4.79. The third kappa shape index (κ3) is 1.81. The maximum absolute atomic E-state index is 10.5. The first-order valence-corrected chi connectivity index (χ1v) is 4.79. The molecule has 0 radical (unpaired) electrons. The third-order valence-electron chi connectivity index (χ3n) is 2.32. The first-order chi connectivity index (χ1) is 7.20. The van der Waals surface area contributed by atoms with Gasteiger partial charge in [-0.2, -0.15) is 0 Å². The summed E-state index contributed by atoms with van der Waals surface area (Å²) in [5, 5.41) is 0. The van der Waals surface area contributed by atoms with Crippen molar-refractivity contribution < 1.29 is 4.79 Å². The largest absolute Gasteiger partial charge is 0.346 e. The summed E-state index contributed by atoms with van der Waals surface area (Å²) in [6.45, 7) is 3.92. The highest BCUT2D eigenvalue weighted by Crippen LogP contribution is 2.20. The molecule has 76 valence electrons. The number of aromatic amines is 1. The Bertz CT molecular complexity index is 483. The fraction of sp³-hybridized carbons (Fsp3) is 0.167. The van der Waals surface area contributed by atoms with E-state index in [0.29, 0.717) is 5.56 Å². The van der Waals surface area contributed by atoms with E-state index < -0.39 is 0 Å². The van der Waals surface area contributed by atoms with Crippen molar-refractivity contribution in [2.24, 2.45) is 0 Å². The van der Waals surface area contributed by atoms with E-state index in [0.717, 1.165) is 29.1 Å². The number of rotatable bonds is 2. The molecule has 3 heteroatoms. The van der Waals surface area contributed by atoms with Crippen LogP contribution in [0.25, 0.3) is 11.3 Å². The van der Waals surface area contributed by atoms with Gasteiger partial charge in [0.05, 0.1) is 5.69 Å². The van der Waals surface area contributed by atoms with Gasteiger partial charge in [-0.05, 0) is 13.8 Å². The van der Waals surface area contributed by atoms with Crippen molar-refractivity contribution in [3.05, 3.63) is 41.3 Å². The molecule has 0 saturated heterocycles. The molecule has 0 spiro atoms. The van der Waals surface area contributed by atoms with Gasteiger partial charge < -0.3 is 4.98 Å². The number of hydrogen-bond donors (Lipinski definition) is 1. The number of H-pyrrole nitrogens is 1. The number of aldehydes is 1. The van der Waals surface area contributed by atoms with E-state index in [1.165, 1.54) is 0 Å². The minimum Gasteiger partial charge on any atom is -0.346 e. The Morgan fingerprint density at radius 1 is 1.20 bits per heavy atom. The summed E-state index contributed by atoms with van der Waals surface area (Å²) in [7, 11) is 0. The van der Waals surface area contributed by atoms with Crippen LogP contribution in [0.5, 0.6) is 0 Å². The lowest BCUT2D eigenvalue weighted by molar-refractivity contribution is 0.112. The molecule has 0 saturated carbocycles. The number of carbonyl (C=O) groups excluding carboxylic acids is 1. The van der Waals surface area contributed by atoms with E-state index in [9.17, 15) is 4.79 Å². The van der Waals surface area contributed by atoms with Gasteiger partial charge in [0, 0.05) is 16.8 Å². The number of benzene rings is 1. The molecule has 0 aliphatic heterocycles. The van der Waals surface area contributed by atoms with Gasteiger partial charge in [-0.3, -0.25) is 4.79 Å². The number of aryl methyl sites for hydroxylation is 2. The van der Waals surface area contributed by atoms with E-state index in [1.807, 2.05) is 26.0 Å². The highest BCUT2D eigenvalue weighted by atomic mass is 16.1. The Kier molecular flexibility index (Phi) is 2.37. The topological polar surface area (TPSA) is 45.8 Å². The van der Waals surface area contributed by atoms with Crippen LogP contribution in [0, 0.1) is 13.8 Å². The van der Waals surface area contributed by atoms with Crippen LogP contribution in [-0.2, 0) is 0 Å².